The fourth-order valence-electron chi connectivity index (χ4n) is 5.57. The number of hydrogen-bond acceptors (Lipinski definition) is 5. The lowest BCUT2D eigenvalue weighted by Gasteiger charge is -2.32. The Labute approximate surface area is 241 Å². The molecule has 1 fully saturated rings. The molecule has 214 valence electrons. The number of rotatable bonds is 3. The average Bonchev–Trinajstić information content (AvgIpc) is 3.80. The number of likely N-dealkylation sites (N-methyl/N-ethyl adjacent to an activating group) is 1. The molecule has 0 aromatic heterocycles. The predicted molar refractivity (Wildman–Crippen MR) is 154 cm³/mol. The molecule has 2 aromatic carbocycles. The maximum atomic E-state index is 13.6. The summed E-state index contributed by atoms with van der Waals surface area (Å²) in [5, 5.41) is 10.0. The molecule has 3 amide bonds. The van der Waals surface area contributed by atoms with Crippen LogP contribution >= 0.6 is 11.6 Å². The topological polar surface area (TPSA) is 99.8 Å². The first-order chi connectivity index (χ1) is 19.3. The largest absolute Gasteiger partial charge is 0.489 e. The Kier molecular flexibility index (Phi) is 8.96. The Hall–Kier alpha value is -3.10. The van der Waals surface area contributed by atoms with Crippen molar-refractivity contribution in [1.29, 1.82) is 0 Å². The molecule has 2 aliphatic heterocycles. The highest BCUT2D eigenvalue weighted by molar-refractivity contribution is 6.30. The van der Waals surface area contributed by atoms with Crippen molar-refractivity contribution in [2.45, 2.75) is 76.1 Å². The van der Waals surface area contributed by atoms with Gasteiger partial charge >= 0.3 is 0 Å². The zero-order valence-electron chi connectivity index (χ0n) is 23.3. The van der Waals surface area contributed by atoms with Crippen molar-refractivity contribution in [1.82, 2.24) is 20.9 Å². The molecule has 0 radical (unpaired) electrons. The molecule has 40 heavy (non-hydrogen) atoms. The molecule has 2 bridgehead atoms. The Balaban J connectivity index is 1.39. The van der Waals surface area contributed by atoms with Gasteiger partial charge in [0.1, 0.15) is 23.9 Å². The van der Waals surface area contributed by atoms with Crippen molar-refractivity contribution in [3.63, 3.8) is 0 Å². The van der Waals surface area contributed by atoms with Gasteiger partial charge in [-0.2, -0.15) is 0 Å². The lowest BCUT2D eigenvalue weighted by atomic mass is 9.96. The lowest BCUT2D eigenvalue weighted by Crippen LogP contribution is -2.57. The van der Waals surface area contributed by atoms with Crippen LogP contribution in [0.4, 0.5) is 0 Å². The summed E-state index contributed by atoms with van der Waals surface area (Å²) in [5.74, 6) is 0.473. The highest BCUT2D eigenvalue weighted by Gasteiger charge is 2.40. The number of nitrogens with one attached hydrogen (secondary N) is 3. The zero-order valence-corrected chi connectivity index (χ0v) is 24.0. The Bertz CT molecular complexity index is 1230. The molecule has 3 N–H and O–H groups in total. The monoisotopic (exact) mass is 566 g/mol. The van der Waals surface area contributed by atoms with Gasteiger partial charge in [0.2, 0.25) is 17.7 Å². The fourth-order valence-corrected chi connectivity index (χ4v) is 5.70. The van der Waals surface area contributed by atoms with E-state index in [2.05, 4.69) is 34.1 Å². The van der Waals surface area contributed by atoms with Crippen molar-refractivity contribution >= 4 is 29.3 Å². The van der Waals surface area contributed by atoms with E-state index in [1.807, 2.05) is 12.1 Å². The number of carbonyl (C=O) groups is 3. The number of nitrogens with zero attached hydrogens (tertiary/aromatic N) is 1. The van der Waals surface area contributed by atoms with Crippen LogP contribution in [0.5, 0.6) is 5.75 Å². The minimum atomic E-state index is -0.788. The van der Waals surface area contributed by atoms with Crippen molar-refractivity contribution in [2.75, 3.05) is 20.1 Å². The van der Waals surface area contributed by atoms with Gasteiger partial charge in [-0.05, 0) is 80.2 Å². The van der Waals surface area contributed by atoms with E-state index in [1.165, 1.54) is 10.5 Å². The zero-order chi connectivity index (χ0) is 28.2. The summed E-state index contributed by atoms with van der Waals surface area (Å²) in [6, 6.07) is 11.6. The molecule has 2 unspecified atom stereocenters. The average molecular weight is 567 g/mol. The molecule has 1 aliphatic carbocycles. The van der Waals surface area contributed by atoms with Crippen LogP contribution < -0.4 is 20.7 Å². The van der Waals surface area contributed by atoms with E-state index in [9.17, 15) is 14.4 Å². The van der Waals surface area contributed by atoms with Gasteiger partial charge < -0.3 is 25.6 Å². The predicted octanol–water partition coefficient (Wildman–Crippen LogP) is 3.04. The fraction of sp³-hybridized carbons (Fsp3) is 0.516. The molecule has 8 nitrogen and oxygen atoms in total. The van der Waals surface area contributed by atoms with Gasteiger partial charge in [0, 0.05) is 31.6 Å². The first-order valence-electron chi connectivity index (χ1n) is 14.4. The first kappa shape index (κ1) is 28.4. The molecule has 0 saturated heterocycles. The van der Waals surface area contributed by atoms with E-state index in [-0.39, 0.29) is 35.8 Å². The first-order valence-corrected chi connectivity index (χ1v) is 14.8. The summed E-state index contributed by atoms with van der Waals surface area (Å²) in [7, 11) is 1.66. The molecular weight excluding hydrogens is 528 g/mol. The molecule has 4 atom stereocenters. The smallest absolute Gasteiger partial charge is 0.243 e. The molecule has 3 aliphatic rings. The standard InChI is InChI=1S/C31H39ClN4O4/c1-19-29(37)35-26(17-20-8-13-24(32)14-9-20)30(38)33-16-4-7-22-5-3-6-23-12-15-25(40-28(22)23)18-34-27(21-10-11-21)31(39)36(19)2/h3,5-6,8-9,13-14,19,21,25-27,34H,4,7,10-12,15-18H2,1-2H3,(H,33,38)(H,35,37)/t19-,25?,26-,27?/m1/s1. The van der Waals surface area contributed by atoms with Crippen LogP contribution in [0.3, 0.4) is 0 Å². The summed E-state index contributed by atoms with van der Waals surface area (Å²) in [6.07, 6.45) is 5.58. The molecule has 9 heteroatoms. The van der Waals surface area contributed by atoms with Crippen molar-refractivity contribution in [2.24, 2.45) is 5.92 Å². The van der Waals surface area contributed by atoms with Gasteiger partial charge in [0.25, 0.3) is 0 Å². The third-order valence-electron chi connectivity index (χ3n) is 8.34. The highest BCUT2D eigenvalue weighted by atomic mass is 35.5. The van der Waals surface area contributed by atoms with E-state index >= 15 is 0 Å². The molecule has 5 rings (SSSR count). The van der Waals surface area contributed by atoms with E-state index in [4.69, 9.17) is 16.3 Å². The van der Waals surface area contributed by atoms with Crippen LogP contribution in [0, 0.1) is 5.92 Å². The summed E-state index contributed by atoms with van der Waals surface area (Å²) < 4.78 is 6.47. The van der Waals surface area contributed by atoms with Gasteiger partial charge in [0.15, 0.2) is 0 Å². The number of benzene rings is 2. The second-order valence-corrected chi connectivity index (χ2v) is 11.8. The van der Waals surface area contributed by atoms with E-state index in [1.54, 1.807) is 26.1 Å². The maximum Gasteiger partial charge on any atom is 0.243 e. The number of amides is 3. The van der Waals surface area contributed by atoms with Crippen LogP contribution in [0.15, 0.2) is 42.5 Å². The van der Waals surface area contributed by atoms with E-state index < -0.39 is 12.1 Å². The van der Waals surface area contributed by atoms with Crippen LogP contribution in [-0.4, -0.2) is 67.0 Å². The third kappa shape index (κ3) is 6.78. The van der Waals surface area contributed by atoms with E-state index in [0.29, 0.717) is 24.5 Å². The number of para-hydroxylation sites is 1. The minimum Gasteiger partial charge on any atom is -0.489 e. The number of fused-ring (bicyclic) bond motifs is 1. The molecule has 2 heterocycles. The van der Waals surface area contributed by atoms with Gasteiger partial charge in [-0.1, -0.05) is 41.9 Å². The molecule has 2 aromatic rings. The Morgan fingerprint density at radius 1 is 0.975 bits per heavy atom. The SMILES string of the molecule is C[C@@H]1C(=O)N[C@H](Cc2ccc(Cl)cc2)C(=O)NCCCc2cccc3c2OC(CC3)CNC(C2CC2)C(=O)N1C. The summed E-state index contributed by atoms with van der Waals surface area (Å²) in [6.45, 7) is 2.75. The second-order valence-electron chi connectivity index (χ2n) is 11.3. The number of ether oxygens (including phenoxy) is 1. The Morgan fingerprint density at radius 3 is 2.42 bits per heavy atom. The second kappa shape index (κ2) is 12.6. The highest BCUT2D eigenvalue weighted by Crippen LogP contribution is 2.35. The minimum absolute atomic E-state index is 0.0269. The van der Waals surface area contributed by atoms with Crippen molar-refractivity contribution in [3.05, 3.63) is 64.2 Å². The number of hydrogen-bond donors (Lipinski definition) is 3. The van der Waals surface area contributed by atoms with Gasteiger partial charge in [-0.15, -0.1) is 0 Å². The van der Waals surface area contributed by atoms with Gasteiger partial charge in [-0.25, -0.2) is 0 Å². The molecule has 1 saturated carbocycles. The summed E-state index contributed by atoms with van der Waals surface area (Å²) in [5.41, 5.74) is 3.22. The Morgan fingerprint density at radius 2 is 1.70 bits per heavy atom. The van der Waals surface area contributed by atoms with Crippen LogP contribution in [0.2, 0.25) is 5.02 Å². The summed E-state index contributed by atoms with van der Waals surface area (Å²) >= 11 is 6.05. The molecular formula is C31H39ClN4O4. The number of carbonyl (C=O) groups excluding carboxylic acids is 3. The number of halogens is 1. The normalized spacial score (nSPS) is 26.7. The van der Waals surface area contributed by atoms with Crippen LogP contribution in [0.1, 0.15) is 49.3 Å². The number of aryl methyl sites for hydroxylation is 2. The maximum absolute atomic E-state index is 13.6. The third-order valence-corrected chi connectivity index (χ3v) is 8.59. The van der Waals surface area contributed by atoms with Gasteiger partial charge in [-0.3, -0.25) is 14.4 Å². The van der Waals surface area contributed by atoms with Gasteiger partial charge in [0.05, 0.1) is 6.04 Å². The van der Waals surface area contributed by atoms with Crippen LogP contribution in [0.25, 0.3) is 0 Å². The summed E-state index contributed by atoms with van der Waals surface area (Å²) in [4.78, 5) is 41.8. The van der Waals surface area contributed by atoms with Crippen LogP contribution in [-0.2, 0) is 33.6 Å². The van der Waals surface area contributed by atoms with Crippen molar-refractivity contribution < 1.29 is 19.1 Å². The van der Waals surface area contributed by atoms with E-state index in [0.717, 1.165) is 55.4 Å². The quantitative estimate of drug-likeness (QED) is 0.530. The molecule has 0 spiro atoms. The lowest BCUT2D eigenvalue weighted by molar-refractivity contribution is -0.141. The van der Waals surface area contributed by atoms with Crippen molar-refractivity contribution in [3.8, 4) is 5.75 Å².